The zero-order valence-electron chi connectivity index (χ0n) is 8.07. The topological polar surface area (TPSA) is 72.6 Å². The first kappa shape index (κ1) is 11.8. The van der Waals surface area contributed by atoms with Gasteiger partial charge in [-0.25, -0.2) is 4.79 Å². The molecule has 1 aromatic rings. The summed E-state index contributed by atoms with van der Waals surface area (Å²) < 4.78 is 4.87. The average Bonchev–Trinajstić information content (AvgIpc) is 2.22. The molecule has 0 fully saturated rings. The first-order valence-electron chi connectivity index (χ1n) is 4.48. The molecular formula is C10H12ClNO3. The molecule has 0 saturated heterocycles. The first-order valence-corrected chi connectivity index (χ1v) is 4.86. The smallest absolute Gasteiger partial charge is 0.339 e. The monoisotopic (exact) mass is 229 g/mol. The van der Waals surface area contributed by atoms with Crippen LogP contribution in [0.25, 0.3) is 0 Å². The highest BCUT2D eigenvalue weighted by Gasteiger charge is 2.12. The van der Waals surface area contributed by atoms with Crippen LogP contribution in [-0.4, -0.2) is 24.3 Å². The van der Waals surface area contributed by atoms with Gasteiger partial charge in [-0.3, -0.25) is 0 Å². The quantitative estimate of drug-likeness (QED) is 0.466. The molecule has 15 heavy (non-hydrogen) atoms. The number of nitrogens with two attached hydrogens (primary N) is 1. The Balaban J connectivity index is 2.69. The van der Waals surface area contributed by atoms with E-state index in [4.69, 9.17) is 27.2 Å². The highest BCUT2D eigenvalue weighted by Crippen LogP contribution is 2.23. The van der Waals surface area contributed by atoms with Crippen molar-refractivity contribution in [1.82, 2.24) is 0 Å². The van der Waals surface area contributed by atoms with Crippen molar-refractivity contribution in [3.8, 4) is 0 Å². The van der Waals surface area contributed by atoms with Gasteiger partial charge >= 0.3 is 5.97 Å². The summed E-state index contributed by atoms with van der Waals surface area (Å²) in [5.74, 6) is -0.527. The molecule has 0 spiro atoms. The summed E-state index contributed by atoms with van der Waals surface area (Å²) in [6, 6.07) is 4.77. The van der Waals surface area contributed by atoms with Gasteiger partial charge in [-0.05, 0) is 12.1 Å². The van der Waals surface area contributed by atoms with Gasteiger partial charge in [-0.15, -0.1) is 0 Å². The van der Waals surface area contributed by atoms with E-state index < -0.39 is 5.97 Å². The summed E-state index contributed by atoms with van der Waals surface area (Å²) in [6.45, 7) is 0.151. The molecule has 4 nitrogen and oxygen atoms in total. The lowest BCUT2D eigenvalue weighted by atomic mass is 10.2. The zero-order valence-corrected chi connectivity index (χ0v) is 8.83. The number of esters is 1. The van der Waals surface area contributed by atoms with Crippen molar-refractivity contribution in [3.63, 3.8) is 0 Å². The molecule has 0 saturated carbocycles. The van der Waals surface area contributed by atoms with Gasteiger partial charge < -0.3 is 15.6 Å². The number of hydrogen-bond donors (Lipinski definition) is 2. The normalized spacial score (nSPS) is 10.0. The molecule has 5 heteroatoms. The zero-order chi connectivity index (χ0) is 11.3. The molecule has 1 rings (SSSR count). The van der Waals surface area contributed by atoms with Crippen molar-refractivity contribution in [3.05, 3.63) is 28.8 Å². The van der Waals surface area contributed by atoms with Crippen LogP contribution in [0.1, 0.15) is 16.8 Å². The lowest BCUT2D eigenvalue weighted by molar-refractivity contribution is 0.0482. The minimum absolute atomic E-state index is 0.0159. The Labute approximate surface area is 92.6 Å². The van der Waals surface area contributed by atoms with Crippen molar-refractivity contribution < 1.29 is 14.6 Å². The lowest BCUT2D eigenvalue weighted by Crippen LogP contribution is -2.08. The molecule has 3 N–H and O–H groups in total. The third kappa shape index (κ3) is 3.11. The summed E-state index contributed by atoms with van der Waals surface area (Å²) in [4.78, 5) is 11.4. The maximum absolute atomic E-state index is 11.4. The number of aliphatic hydroxyl groups excluding tert-OH is 1. The van der Waals surface area contributed by atoms with E-state index in [0.717, 1.165) is 0 Å². The van der Waals surface area contributed by atoms with E-state index in [0.29, 0.717) is 12.1 Å². The van der Waals surface area contributed by atoms with Gasteiger partial charge in [0.25, 0.3) is 0 Å². The molecule has 0 bridgehead atoms. The molecule has 0 radical (unpaired) electrons. The van der Waals surface area contributed by atoms with Crippen LogP contribution in [0.5, 0.6) is 0 Å². The Morgan fingerprint density at radius 2 is 2.27 bits per heavy atom. The van der Waals surface area contributed by atoms with Gasteiger partial charge in [0.15, 0.2) is 0 Å². The average molecular weight is 230 g/mol. The van der Waals surface area contributed by atoms with Crippen molar-refractivity contribution in [2.75, 3.05) is 18.9 Å². The fourth-order valence-corrected chi connectivity index (χ4v) is 1.22. The van der Waals surface area contributed by atoms with E-state index in [2.05, 4.69) is 0 Å². The van der Waals surface area contributed by atoms with Gasteiger partial charge in [-0.2, -0.15) is 0 Å². The Hall–Kier alpha value is -1.26. The van der Waals surface area contributed by atoms with Crippen molar-refractivity contribution >= 4 is 23.3 Å². The van der Waals surface area contributed by atoms with E-state index in [1.54, 1.807) is 18.2 Å². The highest BCUT2D eigenvalue weighted by atomic mass is 35.5. The predicted molar refractivity (Wildman–Crippen MR) is 57.8 cm³/mol. The van der Waals surface area contributed by atoms with Crippen LogP contribution in [0, 0.1) is 0 Å². The number of nitrogen functional groups attached to an aromatic ring is 1. The van der Waals surface area contributed by atoms with Crippen molar-refractivity contribution in [2.24, 2.45) is 0 Å². The SMILES string of the molecule is Nc1cccc(C(=O)OCCCO)c1Cl. The Kier molecular flexibility index (Phi) is 4.39. The van der Waals surface area contributed by atoms with Gasteiger partial charge in [-0.1, -0.05) is 17.7 Å². The van der Waals surface area contributed by atoms with Crippen LogP contribution in [0.3, 0.4) is 0 Å². The summed E-state index contributed by atoms with van der Waals surface area (Å²) in [6.07, 6.45) is 0.408. The van der Waals surface area contributed by atoms with E-state index in [-0.39, 0.29) is 23.8 Å². The minimum atomic E-state index is -0.527. The molecule has 0 aliphatic carbocycles. The van der Waals surface area contributed by atoms with Gasteiger partial charge in [0.05, 0.1) is 22.9 Å². The Morgan fingerprint density at radius 3 is 2.93 bits per heavy atom. The van der Waals surface area contributed by atoms with E-state index >= 15 is 0 Å². The van der Waals surface area contributed by atoms with Crippen LogP contribution >= 0.6 is 11.6 Å². The third-order valence-electron chi connectivity index (χ3n) is 1.78. The van der Waals surface area contributed by atoms with Crippen molar-refractivity contribution in [2.45, 2.75) is 6.42 Å². The number of ether oxygens (including phenoxy) is 1. The maximum atomic E-state index is 11.4. The van der Waals surface area contributed by atoms with E-state index in [1.807, 2.05) is 0 Å². The molecule has 0 unspecified atom stereocenters. The second-order valence-corrected chi connectivity index (χ2v) is 3.30. The Bertz CT molecular complexity index is 355. The molecule has 0 aliphatic rings. The summed E-state index contributed by atoms with van der Waals surface area (Å²) in [5, 5.41) is 8.71. The molecule has 0 heterocycles. The van der Waals surface area contributed by atoms with Crippen LogP contribution in [0.2, 0.25) is 5.02 Å². The molecule has 1 aromatic carbocycles. The summed E-state index contributed by atoms with van der Waals surface area (Å²) >= 11 is 5.83. The highest BCUT2D eigenvalue weighted by molar-refractivity contribution is 6.36. The van der Waals surface area contributed by atoms with Gasteiger partial charge in [0.1, 0.15) is 0 Å². The fourth-order valence-electron chi connectivity index (χ4n) is 1.01. The minimum Gasteiger partial charge on any atom is -0.462 e. The Morgan fingerprint density at radius 1 is 1.53 bits per heavy atom. The number of rotatable bonds is 4. The molecular weight excluding hydrogens is 218 g/mol. The second-order valence-electron chi connectivity index (χ2n) is 2.92. The molecule has 0 aliphatic heterocycles. The number of aliphatic hydroxyl groups is 1. The largest absolute Gasteiger partial charge is 0.462 e. The van der Waals surface area contributed by atoms with Crippen LogP contribution in [0.15, 0.2) is 18.2 Å². The molecule has 82 valence electrons. The summed E-state index contributed by atoms with van der Waals surface area (Å²) in [5.41, 5.74) is 6.12. The number of halogens is 1. The van der Waals surface area contributed by atoms with Gasteiger partial charge in [0, 0.05) is 13.0 Å². The predicted octanol–water partition coefficient (Wildman–Crippen LogP) is 1.46. The molecule has 0 aromatic heterocycles. The van der Waals surface area contributed by atoms with Crippen LogP contribution in [-0.2, 0) is 4.74 Å². The number of anilines is 1. The molecule has 0 atom stereocenters. The van der Waals surface area contributed by atoms with E-state index in [1.165, 1.54) is 0 Å². The first-order chi connectivity index (χ1) is 7.16. The van der Waals surface area contributed by atoms with Crippen molar-refractivity contribution in [1.29, 1.82) is 0 Å². The third-order valence-corrected chi connectivity index (χ3v) is 2.21. The standard InChI is InChI=1S/C10H12ClNO3/c11-9-7(3-1-4-8(9)12)10(14)15-6-2-5-13/h1,3-4,13H,2,5-6,12H2. The fraction of sp³-hybridized carbons (Fsp3) is 0.300. The lowest BCUT2D eigenvalue weighted by Gasteiger charge is -2.06. The maximum Gasteiger partial charge on any atom is 0.339 e. The number of carbonyl (C=O) groups is 1. The van der Waals surface area contributed by atoms with Crippen LogP contribution < -0.4 is 5.73 Å². The van der Waals surface area contributed by atoms with E-state index in [9.17, 15) is 4.79 Å². The van der Waals surface area contributed by atoms with Crippen LogP contribution in [0.4, 0.5) is 5.69 Å². The second kappa shape index (κ2) is 5.58. The number of carbonyl (C=O) groups excluding carboxylic acids is 1. The number of benzene rings is 1. The number of hydrogen-bond acceptors (Lipinski definition) is 4. The van der Waals surface area contributed by atoms with Gasteiger partial charge in [0.2, 0.25) is 0 Å². The summed E-state index contributed by atoms with van der Waals surface area (Å²) in [7, 11) is 0. The molecule has 0 amide bonds.